The third-order valence-electron chi connectivity index (χ3n) is 5.21. The van der Waals surface area contributed by atoms with Gasteiger partial charge in [0.15, 0.2) is 0 Å². The molecule has 2 aliphatic rings. The van der Waals surface area contributed by atoms with Crippen molar-refractivity contribution in [2.24, 2.45) is 11.8 Å². The lowest BCUT2D eigenvalue weighted by Gasteiger charge is -2.37. The Kier molecular flexibility index (Phi) is 5.88. The van der Waals surface area contributed by atoms with Crippen LogP contribution < -0.4 is 5.32 Å². The molecule has 0 bridgehead atoms. The summed E-state index contributed by atoms with van der Waals surface area (Å²) in [5, 5.41) is 3.81. The minimum Gasteiger partial charge on any atom is -0.315 e. The Morgan fingerprint density at radius 3 is 2.33 bits per heavy atom. The molecule has 2 fully saturated rings. The van der Waals surface area contributed by atoms with Crippen LogP contribution in [0.4, 0.5) is 0 Å². The van der Waals surface area contributed by atoms with Gasteiger partial charge < -0.3 is 5.32 Å². The van der Waals surface area contributed by atoms with Crippen LogP contribution in [0.15, 0.2) is 0 Å². The van der Waals surface area contributed by atoms with Gasteiger partial charge in [0, 0.05) is 11.3 Å². The van der Waals surface area contributed by atoms with Gasteiger partial charge in [-0.05, 0) is 50.3 Å². The van der Waals surface area contributed by atoms with Crippen molar-refractivity contribution in [2.75, 3.05) is 19.3 Å². The summed E-state index contributed by atoms with van der Waals surface area (Å²) in [7, 11) is 0. The molecular weight excluding hydrogens is 238 g/mol. The van der Waals surface area contributed by atoms with E-state index in [1.807, 2.05) is 0 Å². The van der Waals surface area contributed by atoms with E-state index >= 15 is 0 Å². The van der Waals surface area contributed by atoms with Crippen molar-refractivity contribution in [3.05, 3.63) is 0 Å². The summed E-state index contributed by atoms with van der Waals surface area (Å²) in [5.41, 5.74) is 0. The Labute approximate surface area is 118 Å². The third kappa shape index (κ3) is 4.16. The van der Waals surface area contributed by atoms with Gasteiger partial charge in [-0.25, -0.2) is 0 Å². The Hall–Kier alpha value is 0.310. The van der Waals surface area contributed by atoms with Gasteiger partial charge in [0.1, 0.15) is 0 Å². The van der Waals surface area contributed by atoms with Crippen LogP contribution in [0, 0.1) is 11.8 Å². The predicted octanol–water partition coefficient (Wildman–Crippen LogP) is 4.47. The summed E-state index contributed by atoms with van der Waals surface area (Å²) < 4.78 is 0.570. The first-order valence-corrected chi connectivity index (χ1v) is 9.22. The van der Waals surface area contributed by atoms with E-state index in [9.17, 15) is 0 Å². The zero-order valence-corrected chi connectivity index (χ0v) is 13.2. The maximum atomic E-state index is 3.81. The zero-order valence-electron chi connectivity index (χ0n) is 12.3. The number of thioether (sulfide) groups is 1. The Bertz CT molecular complexity index is 227. The second kappa shape index (κ2) is 7.19. The molecule has 18 heavy (non-hydrogen) atoms. The Morgan fingerprint density at radius 1 is 1.06 bits per heavy atom. The van der Waals surface area contributed by atoms with E-state index in [1.54, 1.807) is 0 Å². The number of hydrogen-bond donors (Lipinski definition) is 1. The first-order valence-electron chi connectivity index (χ1n) is 8.00. The summed E-state index contributed by atoms with van der Waals surface area (Å²) in [6.07, 6.45) is 15.4. The Morgan fingerprint density at radius 2 is 1.72 bits per heavy atom. The lowest BCUT2D eigenvalue weighted by Crippen LogP contribution is -2.41. The van der Waals surface area contributed by atoms with Gasteiger partial charge in [-0.1, -0.05) is 39.0 Å². The SMILES string of the molecule is CSC1(CNCC2CCC(C)CC2)CCCCC1. The molecule has 0 amide bonds. The predicted molar refractivity (Wildman–Crippen MR) is 83.3 cm³/mol. The normalized spacial score (nSPS) is 32.3. The third-order valence-corrected chi connectivity index (χ3v) is 6.63. The molecule has 0 aliphatic heterocycles. The summed E-state index contributed by atoms with van der Waals surface area (Å²) >= 11 is 2.12. The van der Waals surface area contributed by atoms with Gasteiger partial charge in [0.25, 0.3) is 0 Å². The van der Waals surface area contributed by atoms with Gasteiger partial charge in [0.2, 0.25) is 0 Å². The summed E-state index contributed by atoms with van der Waals surface area (Å²) in [5.74, 6) is 1.95. The highest BCUT2D eigenvalue weighted by Gasteiger charge is 2.30. The molecule has 0 aromatic rings. The van der Waals surface area contributed by atoms with Crippen molar-refractivity contribution in [3.63, 3.8) is 0 Å². The highest BCUT2D eigenvalue weighted by molar-refractivity contribution is 8.00. The smallest absolute Gasteiger partial charge is 0.0281 e. The largest absolute Gasteiger partial charge is 0.315 e. The van der Waals surface area contributed by atoms with Crippen LogP contribution in [0.25, 0.3) is 0 Å². The lowest BCUT2D eigenvalue weighted by molar-refractivity contribution is 0.274. The van der Waals surface area contributed by atoms with E-state index < -0.39 is 0 Å². The molecule has 106 valence electrons. The van der Waals surface area contributed by atoms with Crippen molar-refractivity contribution < 1.29 is 0 Å². The maximum Gasteiger partial charge on any atom is 0.0281 e. The monoisotopic (exact) mass is 269 g/mol. The zero-order chi connectivity index (χ0) is 12.8. The van der Waals surface area contributed by atoms with Crippen LogP contribution in [0.1, 0.15) is 64.7 Å². The van der Waals surface area contributed by atoms with Crippen LogP contribution >= 0.6 is 11.8 Å². The van der Waals surface area contributed by atoms with Gasteiger partial charge in [0.05, 0.1) is 0 Å². The minimum absolute atomic E-state index is 0.570. The van der Waals surface area contributed by atoms with Crippen molar-refractivity contribution >= 4 is 11.8 Å². The molecule has 0 heterocycles. The molecule has 0 spiro atoms. The van der Waals surface area contributed by atoms with Gasteiger partial charge in [-0.2, -0.15) is 11.8 Å². The van der Waals surface area contributed by atoms with E-state index in [0.29, 0.717) is 4.75 Å². The van der Waals surface area contributed by atoms with Gasteiger partial charge in [-0.3, -0.25) is 0 Å². The first kappa shape index (κ1) is 14.7. The van der Waals surface area contributed by atoms with E-state index in [-0.39, 0.29) is 0 Å². The van der Waals surface area contributed by atoms with E-state index in [2.05, 4.69) is 30.3 Å². The summed E-state index contributed by atoms with van der Waals surface area (Å²) in [4.78, 5) is 0. The van der Waals surface area contributed by atoms with Crippen LogP contribution in [0.3, 0.4) is 0 Å². The van der Waals surface area contributed by atoms with Crippen molar-refractivity contribution in [2.45, 2.75) is 69.5 Å². The first-order chi connectivity index (χ1) is 8.74. The maximum absolute atomic E-state index is 3.81. The summed E-state index contributed by atoms with van der Waals surface area (Å²) in [6.45, 7) is 4.93. The van der Waals surface area contributed by atoms with E-state index in [0.717, 1.165) is 11.8 Å². The van der Waals surface area contributed by atoms with Crippen LogP contribution in [0.2, 0.25) is 0 Å². The Balaban J connectivity index is 1.67. The topological polar surface area (TPSA) is 12.0 Å². The van der Waals surface area contributed by atoms with Crippen LogP contribution in [-0.2, 0) is 0 Å². The lowest BCUT2D eigenvalue weighted by atomic mass is 9.83. The molecule has 0 aromatic heterocycles. The average Bonchev–Trinajstić information content (AvgIpc) is 2.42. The molecule has 2 aliphatic carbocycles. The minimum atomic E-state index is 0.570. The molecular formula is C16H31NS. The second-order valence-corrected chi connectivity index (χ2v) is 7.98. The van der Waals surface area contributed by atoms with Gasteiger partial charge >= 0.3 is 0 Å². The van der Waals surface area contributed by atoms with Crippen LogP contribution in [0.5, 0.6) is 0 Å². The van der Waals surface area contributed by atoms with Gasteiger partial charge in [-0.15, -0.1) is 0 Å². The average molecular weight is 269 g/mol. The van der Waals surface area contributed by atoms with Crippen molar-refractivity contribution in [1.29, 1.82) is 0 Å². The quantitative estimate of drug-likeness (QED) is 0.790. The van der Waals surface area contributed by atoms with Crippen molar-refractivity contribution in [1.82, 2.24) is 5.32 Å². The highest BCUT2D eigenvalue weighted by atomic mass is 32.2. The fraction of sp³-hybridized carbons (Fsp3) is 1.00. The fourth-order valence-corrected chi connectivity index (χ4v) is 4.63. The molecule has 0 saturated heterocycles. The highest BCUT2D eigenvalue weighted by Crippen LogP contribution is 2.38. The molecule has 2 heteroatoms. The molecule has 2 saturated carbocycles. The molecule has 0 radical (unpaired) electrons. The molecule has 1 N–H and O–H groups in total. The van der Waals surface area contributed by atoms with E-state index in [4.69, 9.17) is 0 Å². The molecule has 0 atom stereocenters. The van der Waals surface area contributed by atoms with E-state index in [1.165, 1.54) is 70.9 Å². The van der Waals surface area contributed by atoms with Crippen molar-refractivity contribution in [3.8, 4) is 0 Å². The molecule has 2 rings (SSSR count). The molecule has 0 aromatic carbocycles. The standard InChI is InChI=1S/C16H31NS/c1-14-6-8-15(9-7-14)12-17-13-16(18-2)10-4-3-5-11-16/h14-15,17H,3-13H2,1-2H3. The second-order valence-electron chi connectivity index (χ2n) is 6.70. The molecule has 0 unspecified atom stereocenters. The number of hydrogen-bond acceptors (Lipinski definition) is 2. The summed E-state index contributed by atoms with van der Waals surface area (Å²) in [6, 6.07) is 0. The number of rotatable bonds is 5. The fourth-order valence-electron chi connectivity index (χ4n) is 3.69. The van der Waals surface area contributed by atoms with Crippen LogP contribution in [-0.4, -0.2) is 24.1 Å². The number of nitrogens with one attached hydrogen (secondary N) is 1. The molecule has 1 nitrogen and oxygen atoms in total.